The Morgan fingerprint density at radius 1 is 1.55 bits per heavy atom. The van der Waals surface area contributed by atoms with Crippen LogP contribution < -0.4 is 4.72 Å². The number of thiophene rings is 1. The minimum absolute atomic E-state index is 0.00816. The Labute approximate surface area is 124 Å². The standard InChI is InChI=1S/C13H22N2O3S2/c1-9-6-13(19-12(9)8-16)20(17,18)14-11-4-5-15(3)10(2)7-11/h6,10-11,14,16H,4-5,7-8H2,1-3H3. The molecule has 20 heavy (non-hydrogen) atoms. The maximum atomic E-state index is 12.4. The van der Waals surface area contributed by atoms with Gasteiger partial charge in [0.25, 0.3) is 0 Å². The maximum Gasteiger partial charge on any atom is 0.250 e. The highest BCUT2D eigenvalue weighted by Gasteiger charge is 2.28. The summed E-state index contributed by atoms with van der Waals surface area (Å²) in [6.07, 6.45) is 1.66. The number of piperidine rings is 1. The fourth-order valence-electron chi connectivity index (χ4n) is 2.45. The van der Waals surface area contributed by atoms with Crippen molar-refractivity contribution in [3.8, 4) is 0 Å². The summed E-state index contributed by atoms with van der Waals surface area (Å²) < 4.78 is 27.8. The molecule has 7 heteroatoms. The molecule has 0 aliphatic carbocycles. The van der Waals surface area contributed by atoms with Gasteiger partial charge in [-0.1, -0.05) is 0 Å². The Morgan fingerprint density at radius 3 is 2.80 bits per heavy atom. The lowest BCUT2D eigenvalue weighted by Gasteiger charge is -2.35. The van der Waals surface area contributed by atoms with E-state index >= 15 is 0 Å². The van der Waals surface area contributed by atoms with Crippen molar-refractivity contribution in [3.05, 3.63) is 16.5 Å². The van der Waals surface area contributed by atoms with Crippen LogP contribution in [0.4, 0.5) is 0 Å². The molecule has 1 aromatic rings. The van der Waals surface area contributed by atoms with Gasteiger partial charge in [-0.25, -0.2) is 13.1 Å². The largest absolute Gasteiger partial charge is 0.391 e. The Balaban J connectivity index is 2.11. The van der Waals surface area contributed by atoms with Gasteiger partial charge in [0.2, 0.25) is 10.0 Å². The van der Waals surface area contributed by atoms with E-state index in [1.165, 1.54) is 0 Å². The van der Waals surface area contributed by atoms with Crippen molar-refractivity contribution < 1.29 is 13.5 Å². The summed E-state index contributed by atoms with van der Waals surface area (Å²) in [6.45, 7) is 4.72. The van der Waals surface area contributed by atoms with Crippen LogP contribution in [0.1, 0.15) is 30.2 Å². The van der Waals surface area contributed by atoms with Gasteiger partial charge in [0.1, 0.15) is 4.21 Å². The third kappa shape index (κ3) is 3.40. The molecule has 114 valence electrons. The van der Waals surface area contributed by atoms with Crippen molar-refractivity contribution in [3.63, 3.8) is 0 Å². The monoisotopic (exact) mass is 318 g/mol. The van der Waals surface area contributed by atoms with Crippen molar-refractivity contribution in [1.82, 2.24) is 9.62 Å². The second-order valence-electron chi connectivity index (χ2n) is 5.50. The molecule has 1 aromatic heterocycles. The molecule has 0 spiro atoms. The number of hydrogen-bond donors (Lipinski definition) is 2. The topological polar surface area (TPSA) is 69.6 Å². The number of aliphatic hydroxyl groups excluding tert-OH is 1. The number of likely N-dealkylation sites (tertiary alicyclic amines) is 1. The minimum Gasteiger partial charge on any atom is -0.391 e. The molecular formula is C13H22N2O3S2. The van der Waals surface area contributed by atoms with Crippen LogP contribution in [0.15, 0.2) is 10.3 Å². The van der Waals surface area contributed by atoms with Crippen molar-refractivity contribution in [1.29, 1.82) is 0 Å². The lowest BCUT2D eigenvalue weighted by Crippen LogP contribution is -2.47. The van der Waals surface area contributed by atoms with Gasteiger partial charge in [-0.05, 0) is 51.9 Å². The van der Waals surface area contributed by atoms with Gasteiger partial charge < -0.3 is 10.0 Å². The van der Waals surface area contributed by atoms with E-state index in [4.69, 9.17) is 0 Å². The summed E-state index contributed by atoms with van der Waals surface area (Å²) in [4.78, 5) is 2.95. The number of nitrogens with zero attached hydrogens (tertiary/aromatic N) is 1. The van der Waals surface area contributed by atoms with E-state index < -0.39 is 10.0 Å². The maximum absolute atomic E-state index is 12.4. The highest BCUT2D eigenvalue weighted by molar-refractivity contribution is 7.91. The summed E-state index contributed by atoms with van der Waals surface area (Å²) in [5.74, 6) is 0. The van der Waals surface area contributed by atoms with Gasteiger partial charge in [-0.2, -0.15) is 0 Å². The van der Waals surface area contributed by atoms with Crippen LogP contribution in [-0.2, 0) is 16.6 Å². The summed E-state index contributed by atoms with van der Waals surface area (Å²) in [7, 11) is -1.41. The number of sulfonamides is 1. The zero-order valence-corrected chi connectivity index (χ0v) is 13.7. The Kier molecular flexibility index (Phi) is 4.86. The number of rotatable bonds is 4. The summed E-state index contributed by atoms with van der Waals surface area (Å²) >= 11 is 1.15. The van der Waals surface area contributed by atoms with Gasteiger partial charge in [0.15, 0.2) is 0 Å². The van der Waals surface area contributed by atoms with E-state index in [1.807, 2.05) is 6.92 Å². The molecule has 2 N–H and O–H groups in total. The lowest BCUT2D eigenvalue weighted by molar-refractivity contribution is 0.178. The average Bonchev–Trinajstić information content (AvgIpc) is 2.76. The molecule has 0 amide bonds. The van der Waals surface area contributed by atoms with Crippen LogP contribution >= 0.6 is 11.3 Å². The minimum atomic E-state index is -3.47. The first-order valence-electron chi connectivity index (χ1n) is 6.76. The molecule has 0 radical (unpaired) electrons. The van der Waals surface area contributed by atoms with Crippen LogP contribution in [0.5, 0.6) is 0 Å². The fourth-order valence-corrected chi connectivity index (χ4v) is 5.20. The van der Waals surface area contributed by atoms with E-state index in [0.29, 0.717) is 15.1 Å². The third-order valence-corrected chi connectivity index (χ3v) is 7.15. The molecule has 0 bridgehead atoms. The normalized spacial score (nSPS) is 25.0. The highest BCUT2D eigenvalue weighted by Crippen LogP contribution is 2.27. The van der Waals surface area contributed by atoms with Crippen molar-refractivity contribution >= 4 is 21.4 Å². The molecule has 5 nitrogen and oxygen atoms in total. The van der Waals surface area contributed by atoms with E-state index in [1.54, 1.807) is 6.07 Å². The molecule has 2 unspecified atom stereocenters. The Hall–Kier alpha value is -0.470. The summed E-state index contributed by atoms with van der Waals surface area (Å²) in [5.41, 5.74) is 0.828. The first-order valence-corrected chi connectivity index (χ1v) is 9.06. The quantitative estimate of drug-likeness (QED) is 0.878. The van der Waals surface area contributed by atoms with Gasteiger partial charge in [0.05, 0.1) is 6.61 Å². The van der Waals surface area contributed by atoms with Crippen LogP contribution in [-0.4, -0.2) is 44.1 Å². The van der Waals surface area contributed by atoms with E-state index in [-0.39, 0.29) is 12.6 Å². The predicted octanol–water partition coefficient (Wildman–Crippen LogP) is 1.31. The Morgan fingerprint density at radius 2 is 2.25 bits per heavy atom. The van der Waals surface area contributed by atoms with E-state index in [9.17, 15) is 13.5 Å². The molecule has 1 fully saturated rings. The second kappa shape index (κ2) is 6.11. The average molecular weight is 318 g/mol. The highest BCUT2D eigenvalue weighted by atomic mass is 32.2. The van der Waals surface area contributed by atoms with Crippen LogP contribution in [0.2, 0.25) is 0 Å². The van der Waals surface area contributed by atoms with E-state index in [0.717, 1.165) is 36.3 Å². The SMILES string of the molecule is Cc1cc(S(=O)(=O)NC2CCN(C)C(C)C2)sc1CO. The van der Waals surface area contributed by atoms with Crippen LogP contribution in [0, 0.1) is 6.92 Å². The number of nitrogens with one attached hydrogen (secondary N) is 1. The van der Waals surface area contributed by atoms with Gasteiger partial charge in [-0.3, -0.25) is 0 Å². The molecule has 1 saturated heterocycles. The molecule has 2 heterocycles. The summed E-state index contributed by atoms with van der Waals surface area (Å²) in [6, 6.07) is 2.01. The zero-order chi connectivity index (χ0) is 14.9. The van der Waals surface area contributed by atoms with Gasteiger partial charge in [-0.15, -0.1) is 11.3 Å². The van der Waals surface area contributed by atoms with Gasteiger partial charge in [0, 0.05) is 17.0 Å². The molecule has 2 rings (SSSR count). The molecule has 0 aromatic carbocycles. The second-order valence-corrected chi connectivity index (χ2v) is 8.58. The molecule has 1 aliphatic rings. The summed E-state index contributed by atoms with van der Waals surface area (Å²) in [5, 5.41) is 9.17. The van der Waals surface area contributed by atoms with Crippen LogP contribution in [0.3, 0.4) is 0 Å². The number of aryl methyl sites for hydroxylation is 1. The molecular weight excluding hydrogens is 296 g/mol. The van der Waals surface area contributed by atoms with Crippen molar-refractivity contribution in [2.75, 3.05) is 13.6 Å². The number of aliphatic hydroxyl groups is 1. The van der Waals surface area contributed by atoms with Crippen molar-refractivity contribution in [2.45, 2.75) is 49.6 Å². The molecule has 1 aliphatic heterocycles. The molecule has 0 saturated carbocycles. The Bertz CT molecular complexity index is 568. The van der Waals surface area contributed by atoms with E-state index in [2.05, 4.69) is 23.6 Å². The van der Waals surface area contributed by atoms with Gasteiger partial charge >= 0.3 is 0 Å². The first-order chi connectivity index (χ1) is 9.33. The number of hydrogen-bond acceptors (Lipinski definition) is 5. The van der Waals surface area contributed by atoms with Crippen molar-refractivity contribution in [2.24, 2.45) is 0 Å². The third-order valence-electron chi connectivity index (χ3n) is 3.94. The lowest BCUT2D eigenvalue weighted by atomic mass is 10.0. The molecule has 2 atom stereocenters. The first kappa shape index (κ1) is 15.9. The van der Waals surface area contributed by atoms with Crippen LogP contribution in [0.25, 0.3) is 0 Å². The smallest absolute Gasteiger partial charge is 0.250 e. The fraction of sp³-hybridized carbons (Fsp3) is 0.692. The predicted molar refractivity (Wildman–Crippen MR) is 80.4 cm³/mol. The zero-order valence-electron chi connectivity index (χ0n) is 12.1.